The zero-order valence-corrected chi connectivity index (χ0v) is 11.0. The number of hydrogen-bond acceptors (Lipinski definition) is 6. The van der Waals surface area contributed by atoms with E-state index in [9.17, 15) is 0 Å². The molecule has 2 aromatic heterocycles. The van der Waals surface area contributed by atoms with Gasteiger partial charge in [0.05, 0.1) is 11.1 Å². The van der Waals surface area contributed by atoms with E-state index in [4.69, 9.17) is 15.5 Å². The Morgan fingerprint density at radius 3 is 2.70 bits per heavy atom. The van der Waals surface area contributed by atoms with Gasteiger partial charge in [-0.05, 0) is 25.0 Å². The highest BCUT2D eigenvalue weighted by Crippen LogP contribution is 2.33. The van der Waals surface area contributed by atoms with Gasteiger partial charge in [-0.1, -0.05) is 24.4 Å². The van der Waals surface area contributed by atoms with Crippen LogP contribution in [0.4, 0.5) is 0 Å². The molecule has 1 aliphatic rings. The maximum Gasteiger partial charge on any atom is 0.276 e. The average molecular weight is 269 g/mol. The number of pyridine rings is 1. The molecule has 0 spiro atoms. The fraction of sp³-hybridized carbons (Fsp3) is 0.429. The molecule has 6 heteroatoms. The van der Waals surface area contributed by atoms with Crippen molar-refractivity contribution in [1.82, 2.24) is 15.1 Å². The molecule has 0 aliphatic heterocycles. The molecule has 0 aromatic carbocycles. The summed E-state index contributed by atoms with van der Waals surface area (Å²) < 4.78 is 5.26. The maximum atomic E-state index is 8.75. The summed E-state index contributed by atoms with van der Waals surface area (Å²) in [5.74, 6) is 0.901. The second kappa shape index (κ2) is 5.02. The summed E-state index contributed by atoms with van der Waals surface area (Å²) in [7, 11) is 0. The van der Waals surface area contributed by atoms with E-state index in [1.807, 2.05) is 6.07 Å². The van der Waals surface area contributed by atoms with Gasteiger partial charge >= 0.3 is 0 Å². The summed E-state index contributed by atoms with van der Waals surface area (Å²) in [6.45, 7) is 0. The summed E-state index contributed by atoms with van der Waals surface area (Å²) in [5.41, 5.74) is 6.94. The van der Waals surface area contributed by atoms with Crippen molar-refractivity contribution < 1.29 is 4.52 Å². The van der Waals surface area contributed by atoms with Crippen LogP contribution in [0.15, 0.2) is 22.9 Å². The molecular formula is C14H15N5O. The quantitative estimate of drug-likeness (QED) is 0.895. The van der Waals surface area contributed by atoms with Crippen LogP contribution in [-0.4, -0.2) is 15.1 Å². The molecule has 102 valence electrons. The zero-order valence-electron chi connectivity index (χ0n) is 11.0. The standard InChI is InChI=1S/C14H15N5O/c15-8-10-4-5-11(17-9-10)12-18-13(19-20-12)14(16)6-2-1-3-7-14/h4-5,9H,1-3,6-7,16H2. The third kappa shape index (κ3) is 2.28. The first-order valence-electron chi connectivity index (χ1n) is 6.71. The van der Waals surface area contributed by atoms with E-state index in [1.165, 1.54) is 12.6 Å². The highest BCUT2D eigenvalue weighted by Gasteiger charge is 2.34. The lowest BCUT2D eigenvalue weighted by atomic mass is 9.82. The third-order valence-corrected chi connectivity index (χ3v) is 3.73. The Labute approximate surface area is 116 Å². The Hall–Kier alpha value is -2.26. The lowest BCUT2D eigenvalue weighted by Gasteiger charge is -2.29. The SMILES string of the molecule is N#Cc1ccc(-c2nc(C3(N)CCCCC3)no2)nc1. The van der Waals surface area contributed by atoms with Crippen LogP contribution in [-0.2, 0) is 5.54 Å². The van der Waals surface area contributed by atoms with Crippen molar-refractivity contribution in [2.45, 2.75) is 37.6 Å². The predicted octanol–water partition coefficient (Wildman–Crippen LogP) is 2.12. The molecule has 1 saturated carbocycles. The first-order chi connectivity index (χ1) is 9.71. The molecule has 3 rings (SSSR count). The van der Waals surface area contributed by atoms with Gasteiger partial charge in [-0.25, -0.2) is 4.98 Å². The summed E-state index contributed by atoms with van der Waals surface area (Å²) in [6, 6.07) is 5.39. The topological polar surface area (TPSA) is 102 Å². The Balaban J connectivity index is 1.87. The van der Waals surface area contributed by atoms with Crippen molar-refractivity contribution in [3.05, 3.63) is 29.7 Å². The van der Waals surface area contributed by atoms with Crippen molar-refractivity contribution in [2.75, 3.05) is 0 Å². The first kappa shape index (κ1) is 12.8. The smallest absolute Gasteiger partial charge is 0.276 e. The van der Waals surface area contributed by atoms with Crippen LogP contribution in [0.25, 0.3) is 11.6 Å². The summed E-state index contributed by atoms with van der Waals surface area (Å²) in [6.07, 6.45) is 6.64. The molecule has 0 amide bonds. The van der Waals surface area contributed by atoms with Gasteiger partial charge in [-0.3, -0.25) is 0 Å². The number of nitrogens with two attached hydrogens (primary N) is 1. The lowest BCUT2D eigenvalue weighted by Crippen LogP contribution is -2.39. The molecule has 20 heavy (non-hydrogen) atoms. The van der Waals surface area contributed by atoms with Gasteiger partial charge in [-0.2, -0.15) is 10.2 Å². The highest BCUT2D eigenvalue weighted by molar-refractivity contribution is 5.48. The lowest BCUT2D eigenvalue weighted by molar-refractivity contribution is 0.275. The second-order valence-electron chi connectivity index (χ2n) is 5.18. The molecule has 0 saturated heterocycles. The summed E-state index contributed by atoms with van der Waals surface area (Å²) in [4.78, 5) is 8.52. The van der Waals surface area contributed by atoms with E-state index in [0.717, 1.165) is 25.7 Å². The Morgan fingerprint density at radius 2 is 2.05 bits per heavy atom. The van der Waals surface area contributed by atoms with Crippen molar-refractivity contribution in [2.24, 2.45) is 5.73 Å². The molecular weight excluding hydrogens is 254 g/mol. The highest BCUT2D eigenvalue weighted by atomic mass is 16.5. The molecule has 1 aliphatic carbocycles. The minimum absolute atomic E-state index is 0.347. The van der Waals surface area contributed by atoms with Crippen LogP contribution in [0, 0.1) is 11.3 Å². The zero-order chi connectivity index (χ0) is 14.0. The van der Waals surface area contributed by atoms with Gasteiger partial charge < -0.3 is 10.3 Å². The van der Waals surface area contributed by atoms with Crippen LogP contribution >= 0.6 is 0 Å². The Morgan fingerprint density at radius 1 is 1.25 bits per heavy atom. The fourth-order valence-electron chi connectivity index (χ4n) is 2.52. The Bertz CT molecular complexity index is 634. The molecule has 2 aromatic rings. The van der Waals surface area contributed by atoms with Crippen molar-refractivity contribution in [3.8, 4) is 17.7 Å². The minimum Gasteiger partial charge on any atom is -0.332 e. The van der Waals surface area contributed by atoms with Crippen LogP contribution in [0.3, 0.4) is 0 Å². The van der Waals surface area contributed by atoms with E-state index in [1.54, 1.807) is 12.1 Å². The van der Waals surface area contributed by atoms with E-state index < -0.39 is 5.54 Å². The van der Waals surface area contributed by atoms with Gasteiger partial charge in [0.25, 0.3) is 5.89 Å². The Kier molecular flexibility index (Phi) is 3.20. The van der Waals surface area contributed by atoms with Gasteiger partial charge in [-0.15, -0.1) is 0 Å². The van der Waals surface area contributed by atoms with Crippen molar-refractivity contribution in [3.63, 3.8) is 0 Å². The number of hydrogen-bond donors (Lipinski definition) is 1. The summed E-state index contributed by atoms with van der Waals surface area (Å²) in [5, 5.41) is 12.8. The van der Waals surface area contributed by atoms with Crippen LogP contribution in [0.1, 0.15) is 43.5 Å². The van der Waals surface area contributed by atoms with Crippen molar-refractivity contribution in [1.29, 1.82) is 5.26 Å². The molecule has 2 N–H and O–H groups in total. The average Bonchev–Trinajstić information content (AvgIpc) is 2.99. The van der Waals surface area contributed by atoms with Gasteiger partial charge in [0.2, 0.25) is 0 Å². The number of rotatable bonds is 2. The molecule has 0 atom stereocenters. The summed E-state index contributed by atoms with van der Waals surface area (Å²) >= 11 is 0. The normalized spacial score (nSPS) is 17.6. The predicted molar refractivity (Wildman–Crippen MR) is 71.2 cm³/mol. The monoisotopic (exact) mass is 269 g/mol. The van der Waals surface area contributed by atoms with E-state index in [0.29, 0.717) is 23.0 Å². The van der Waals surface area contributed by atoms with Crippen LogP contribution in [0.2, 0.25) is 0 Å². The molecule has 1 fully saturated rings. The number of nitrogens with zero attached hydrogens (tertiary/aromatic N) is 4. The largest absolute Gasteiger partial charge is 0.332 e. The van der Waals surface area contributed by atoms with Gasteiger partial charge in [0, 0.05) is 6.20 Å². The fourth-order valence-corrected chi connectivity index (χ4v) is 2.52. The third-order valence-electron chi connectivity index (χ3n) is 3.73. The number of aromatic nitrogens is 3. The second-order valence-corrected chi connectivity index (χ2v) is 5.18. The van der Waals surface area contributed by atoms with Crippen molar-refractivity contribution >= 4 is 0 Å². The molecule has 0 unspecified atom stereocenters. The number of nitriles is 1. The molecule has 0 bridgehead atoms. The van der Waals surface area contributed by atoms with Gasteiger partial charge in [0.1, 0.15) is 11.8 Å². The van der Waals surface area contributed by atoms with E-state index in [2.05, 4.69) is 15.1 Å². The van der Waals surface area contributed by atoms with E-state index >= 15 is 0 Å². The first-order valence-corrected chi connectivity index (χ1v) is 6.71. The minimum atomic E-state index is -0.480. The van der Waals surface area contributed by atoms with Crippen LogP contribution < -0.4 is 5.73 Å². The molecule has 6 nitrogen and oxygen atoms in total. The van der Waals surface area contributed by atoms with Crippen LogP contribution in [0.5, 0.6) is 0 Å². The maximum absolute atomic E-state index is 8.75. The molecule has 2 heterocycles. The van der Waals surface area contributed by atoms with Gasteiger partial charge in [0.15, 0.2) is 5.82 Å². The van der Waals surface area contributed by atoms with E-state index in [-0.39, 0.29) is 0 Å². The molecule has 0 radical (unpaired) electrons.